The predicted molar refractivity (Wildman–Crippen MR) is 290 cm³/mol. The van der Waals surface area contributed by atoms with Crippen LogP contribution in [0.1, 0.15) is 134 Å². The average molecular weight is 914 g/mol. The second-order valence-electron chi connectivity index (χ2n) is 20.7. The molecule has 0 atom stereocenters. The van der Waals surface area contributed by atoms with E-state index in [4.69, 9.17) is 11.3 Å². The zero-order chi connectivity index (χ0) is 65.6. The van der Waals surface area contributed by atoms with Crippen LogP contribution in [0.15, 0.2) is 149 Å². The zero-order valence-electron chi connectivity index (χ0n) is 61.0. The molecule has 3 aromatic heterocycles. The Kier molecular flexibility index (Phi) is 5.30. The molecule has 0 unspecified atom stereocenters. The van der Waals surface area contributed by atoms with Crippen LogP contribution in [0.2, 0.25) is 0 Å². The highest BCUT2D eigenvalue weighted by Gasteiger charge is 2.46. The summed E-state index contributed by atoms with van der Waals surface area (Å²) in [6, 6.07) is -8.60. The highest BCUT2D eigenvalue weighted by atomic mass is 32.1. The van der Waals surface area contributed by atoms with E-state index >= 15 is 0 Å². The van der Waals surface area contributed by atoms with Crippen molar-refractivity contribution in [3.8, 4) is 5.69 Å². The molecular formula is C61H58BN3OS. The monoisotopic (exact) mass is 914 g/mol. The molecule has 0 radical (unpaired) electrons. The smallest absolute Gasteiger partial charge is 0.254 e. The molecule has 12 rings (SSSR count). The fourth-order valence-corrected chi connectivity index (χ4v) is 10.3. The summed E-state index contributed by atoms with van der Waals surface area (Å²) in [7, 11) is 0. The van der Waals surface area contributed by atoms with E-state index in [9.17, 15) is 23.3 Å². The van der Waals surface area contributed by atoms with Gasteiger partial charge in [0.15, 0.2) is 5.58 Å². The van der Waals surface area contributed by atoms with E-state index in [0.29, 0.717) is 0 Å². The minimum absolute atomic E-state index is 0.0157. The maximum absolute atomic E-state index is 10.4. The molecule has 0 fully saturated rings. The number of anilines is 6. The highest BCUT2D eigenvalue weighted by molar-refractivity contribution is 7.26. The van der Waals surface area contributed by atoms with Crippen LogP contribution in [0.25, 0.3) is 48.7 Å². The first-order chi connectivity index (χ1) is 41.2. The van der Waals surface area contributed by atoms with Crippen molar-refractivity contribution in [2.24, 2.45) is 0 Å². The quantitative estimate of drug-likeness (QED) is 0.164. The standard InChI is InChI=1S/C61H58BN3OS/c1-36(2)37-20-31-47-49(32-37)63(41-26-21-38(22-27-41)59(3,4)5)50-34-43(64-48-18-14-12-16-44(48)57-56(64)45-17-13-15-19-52(45)66-57)35-51-55(50)62(47)54-46-30-25-40(61(9,10)11)33-53(46)67-58(54)65(51)42-28-23-39(24-29-42)60(6,7)8/h12-36H,1-11H3/i12D,13D,14D,15D,16D,17D,18D,19D,20D,21D,22D,23D,24D,25D,26D,27D,28D,29D,30D,31D,32D,33D. The summed E-state index contributed by atoms with van der Waals surface area (Å²) < 4.78 is 220. The van der Waals surface area contributed by atoms with Crippen molar-refractivity contribution in [1.82, 2.24) is 4.57 Å². The number of rotatable bonds is 4. The number of thiophene rings is 1. The molecule has 2 aliphatic heterocycles. The lowest BCUT2D eigenvalue weighted by atomic mass is 9.33. The fraction of sp³-hybridized carbons (Fsp3) is 0.246. The summed E-state index contributed by atoms with van der Waals surface area (Å²) in [5.41, 5.74) is -5.05. The summed E-state index contributed by atoms with van der Waals surface area (Å²) in [6.07, 6.45) is 0. The van der Waals surface area contributed by atoms with Crippen LogP contribution in [-0.2, 0) is 16.2 Å². The molecule has 6 heteroatoms. The van der Waals surface area contributed by atoms with Gasteiger partial charge >= 0.3 is 0 Å². The average Bonchev–Trinajstić information content (AvgIpc) is 1.67. The molecule has 0 bridgehead atoms. The Hall–Kier alpha value is -6.50. The Bertz CT molecular complexity index is 4880. The maximum atomic E-state index is 10.4. The van der Waals surface area contributed by atoms with Crippen LogP contribution in [0.3, 0.4) is 0 Å². The van der Waals surface area contributed by atoms with E-state index in [1.54, 1.807) is 76.2 Å². The van der Waals surface area contributed by atoms with Crippen LogP contribution in [0.5, 0.6) is 0 Å². The molecular weight excluding hydrogens is 834 g/mol. The van der Waals surface area contributed by atoms with Crippen molar-refractivity contribution < 1.29 is 34.6 Å². The molecule has 0 N–H and O–H groups in total. The number of furan rings is 1. The van der Waals surface area contributed by atoms with Crippen molar-refractivity contribution in [3.63, 3.8) is 0 Å². The van der Waals surface area contributed by atoms with E-state index in [1.807, 2.05) is 0 Å². The van der Waals surface area contributed by atoms with Gasteiger partial charge in [-0.05, 0) is 139 Å². The lowest BCUT2D eigenvalue weighted by Gasteiger charge is -2.44. The number of aromatic nitrogens is 1. The largest absolute Gasteiger partial charge is 0.454 e. The van der Waals surface area contributed by atoms with E-state index in [-0.39, 0.29) is 145 Å². The molecule has 0 amide bonds. The number of para-hydroxylation sites is 2. The Morgan fingerprint density at radius 3 is 1.78 bits per heavy atom. The molecule has 67 heavy (non-hydrogen) atoms. The molecule has 332 valence electrons. The molecule has 5 heterocycles. The normalized spacial score (nSPS) is 18.5. The molecule has 7 aromatic carbocycles. The van der Waals surface area contributed by atoms with Crippen molar-refractivity contribution >= 4 is 111 Å². The minimum Gasteiger partial charge on any atom is -0.454 e. The molecule has 2 aliphatic rings. The molecule has 0 saturated heterocycles. The van der Waals surface area contributed by atoms with Crippen molar-refractivity contribution in [1.29, 1.82) is 0 Å². The van der Waals surface area contributed by atoms with Gasteiger partial charge < -0.3 is 18.8 Å². The number of hydrogen-bond acceptors (Lipinski definition) is 4. The van der Waals surface area contributed by atoms with Crippen molar-refractivity contribution in [3.05, 3.63) is 167 Å². The summed E-state index contributed by atoms with van der Waals surface area (Å²) >= 11 is 0.928. The summed E-state index contributed by atoms with van der Waals surface area (Å²) in [5.74, 6) is -0.647. The first kappa shape index (κ1) is 24.5. The Morgan fingerprint density at radius 1 is 0.552 bits per heavy atom. The lowest BCUT2D eigenvalue weighted by molar-refractivity contribution is 0.590. The van der Waals surface area contributed by atoms with Gasteiger partial charge in [-0.1, -0.05) is 149 Å². The van der Waals surface area contributed by atoms with E-state index < -0.39 is 137 Å². The van der Waals surface area contributed by atoms with Gasteiger partial charge in [0.25, 0.3) is 6.71 Å². The van der Waals surface area contributed by atoms with Gasteiger partial charge in [0, 0.05) is 43.9 Å². The van der Waals surface area contributed by atoms with Crippen LogP contribution in [0.4, 0.5) is 33.4 Å². The second kappa shape index (κ2) is 14.5. The van der Waals surface area contributed by atoms with Crippen LogP contribution >= 0.6 is 11.3 Å². The van der Waals surface area contributed by atoms with Gasteiger partial charge in [-0.3, -0.25) is 0 Å². The Balaban J connectivity index is 1.43. The Morgan fingerprint density at radius 2 is 1.13 bits per heavy atom. The first-order valence-corrected chi connectivity index (χ1v) is 23.1. The SMILES string of the molecule is [2H]c1c([2H])c(C(C)C)c([2H])c2c1B1c3c(cc(-n4c5c([2H])c([2H])c([2H])c([2H])c5c5oc6c([2H])c([2H])c([2H])c([2H])c6c54)cc3N2c2c([2H])c([2H])c(C(C)(C)C)c([2H])c2[2H])N(c2c([2H])c([2H])c(C(C)(C)C)c([2H])c2[2H])c2sc3c([2H])c(C(C)(C)C)c([2H])c([2H])c3c21. The number of fused-ring (bicyclic) bond motifs is 11. The maximum Gasteiger partial charge on any atom is 0.254 e. The van der Waals surface area contributed by atoms with Gasteiger partial charge in [0.1, 0.15) is 11.1 Å². The third kappa shape index (κ3) is 6.39. The van der Waals surface area contributed by atoms with Crippen LogP contribution in [-0.4, -0.2) is 11.3 Å². The third-order valence-corrected chi connectivity index (χ3v) is 13.7. The first-order valence-electron chi connectivity index (χ1n) is 33.3. The van der Waals surface area contributed by atoms with E-state index in [2.05, 4.69) is 0 Å². The van der Waals surface area contributed by atoms with Gasteiger partial charge in [-0.2, -0.15) is 0 Å². The lowest BCUT2D eigenvalue weighted by Crippen LogP contribution is -2.61. The summed E-state index contributed by atoms with van der Waals surface area (Å²) in [6.45, 7) is 17.7. The fourth-order valence-electron chi connectivity index (χ4n) is 9.12. The number of nitrogens with zero attached hydrogens (tertiary/aromatic N) is 3. The van der Waals surface area contributed by atoms with Crippen LogP contribution in [0, 0.1) is 0 Å². The molecule has 0 aliphatic carbocycles. The van der Waals surface area contributed by atoms with Crippen LogP contribution < -0.4 is 26.2 Å². The van der Waals surface area contributed by atoms with E-state index in [0.717, 1.165) is 11.3 Å². The van der Waals surface area contributed by atoms with Crippen molar-refractivity contribution in [2.75, 3.05) is 9.80 Å². The second-order valence-corrected chi connectivity index (χ2v) is 21.7. The third-order valence-electron chi connectivity index (χ3n) is 12.6. The number of benzene rings is 7. The van der Waals surface area contributed by atoms with Crippen molar-refractivity contribution in [2.45, 2.75) is 98.3 Å². The topological polar surface area (TPSA) is 24.6 Å². The Labute approximate surface area is 430 Å². The zero-order valence-corrected chi connectivity index (χ0v) is 39.8. The molecule has 10 aromatic rings. The number of hydrogen-bond donors (Lipinski definition) is 0. The minimum atomic E-state index is -1.46. The van der Waals surface area contributed by atoms with Gasteiger partial charge in [-0.25, -0.2) is 0 Å². The van der Waals surface area contributed by atoms with Gasteiger partial charge in [0.2, 0.25) is 0 Å². The molecule has 4 nitrogen and oxygen atoms in total. The highest BCUT2D eigenvalue weighted by Crippen LogP contribution is 2.50. The van der Waals surface area contributed by atoms with Gasteiger partial charge in [-0.15, -0.1) is 11.3 Å². The van der Waals surface area contributed by atoms with Gasteiger partial charge in [0.05, 0.1) is 46.4 Å². The predicted octanol–water partition coefficient (Wildman–Crippen LogP) is 15.8. The molecule has 0 spiro atoms. The molecule has 0 saturated carbocycles. The summed E-state index contributed by atoms with van der Waals surface area (Å²) in [5, 5.41) is -0.449. The van der Waals surface area contributed by atoms with E-state index in [1.165, 1.54) is 26.5 Å². The summed E-state index contributed by atoms with van der Waals surface area (Å²) in [4.78, 5) is 2.69.